The number of aryl methyl sites for hydroxylation is 1. The molecule has 1 aromatic rings. The molecule has 0 spiro atoms. The normalized spacial score (nSPS) is 22.1. The Bertz CT molecular complexity index is 586. The number of hydrogen-bond acceptors (Lipinski definition) is 4. The van der Waals surface area contributed by atoms with E-state index in [0.717, 1.165) is 18.5 Å². The van der Waals surface area contributed by atoms with Crippen LogP contribution in [0.15, 0.2) is 23.1 Å². The van der Waals surface area contributed by atoms with Gasteiger partial charge in [0.25, 0.3) is 0 Å². The molecule has 1 heterocycles. The second kappa shape index (κ2) is 5.71. The van der Waals surface area contributed by atoms with Crippen molar-refractivity contribution in [1.82, 2.24) is 9.21 Å². The molecular formula is C14H23N3O2S. The smallest absolute Gasteiger partial charge is 0.243 e. The van der Waals surface area contributed by atoms with E-state index in [9.17, 15) is 8.42 Å². The number of benzene rings is 1. The van der Waals surface area contributed by atoms with Gasteiger partial charge in [0.05, 0.1) is 4.90 Å². The van der Waals surface area contributed by atoms with Crippen molar-refractivity contribution in [2.75, 3.05) is 32.4 Å². The molecule has 1 aliphatic rings. The van der Waals surface area contributed by atoms with Crippen molar-refractivity contribution < 1.29 is 8.42 Å². The maximum Gasteiger partial charge on any atom is 0.243 e. The minimum absolute atomic E-state index is 0.279. The van der Waals surface area contributed by atoms with Gasteiger partial charge in [-0.05, 0) is 38.1 Å². The lowest BCUT2D eigenvalue weighted by Gasteiger charge is -2.38. The van der Waals surface area contributed by atoms with Crippen molar-refractivity contribution in [1.29, 1.82) is 0 Å². The molecule has 1 aliphatic heterocycles. The fourth-order valence-corrected chi connectivity index (χ4v) is 4.01. The Morgan fingerprint density at radius 1 is 1.35 bits per heavy atom. The third-order valence-corrected chi connectivity index (χ3v) is 5.96. The van der Waals surface area contributed by atoms with Gasteiger partial charge in [-0.25, -0.2) is 8.42 Å². The number of anilines is 1. The lowest BCUT2D eigenvalue weighted by Crippen LogP contribution is -2.52. The molecule has 6 heteroatoms. The molecule has 1 fully saturated rings. The standard InChI is InChI=1S/C14H23N3O2S/c1-4-12-10-17(8-7-16(12)3)20(18,19)13-6-5-11(2)14(15)9-13/h5-6,9,12H,4,7-8,10,15H2,1-3H3. The quantitative estimate of drug-likeness (QED) is 0.854. The van der Waals surface area contributed by atoms with Crippen LogP contribution in [0.1, 0.15) is 18.9 Å². The molecular weight excluding hydrogens is 274 g/mol. The number of sulfonamides is 1. The minimum atomic E-state index is -3.44. The van der Waals surface area contributed by atoms with E-state index >= 15 is 0 Å². The van der Waals surface area contributed by atoms with Gasteiger partial charge in [0.1, 0.15) is 0 Å². The van der Waals surface area contributed by atoms with E-state index in [2.05, 4.69) is 11.8 Å². The first-order chi connectivity index (χ1) is 9.36. The molecule has 0 amide bonds. The first kappa shape index (κ1) is 15.3. The van der Waals surface area contributed by atoms with Crippen LogP contribution < -0.4 is 5.73 Å². The average molecular weight is 297 g/mol. The third kappa shape index (κ3) is 2.82. The van der Waals surface area contributed by atoms with E-state index in [-0.39, 0.29) is 6.04 Å². The van der Waals surface area contributed by atoms with Crippen LogP contribution in [0.25, 0.3) is 0 Å². The topological polar surface area (TPSA) is 66.6 Å². The molecule has 5 nitrogen and oxygen atoms in total. The van der Waals surface area contributed by atoms with E-state index in [1.165, 1.54) is 0 Å². The number of piperazine rings is 1. The SMILES string of the molecule is CCC1CN(S(=O)(=O)c2ccc(C)c(N)c2)CCN1C. The molecule has 1 aromatic carbocycles. The maximum atomic E-state index is 12.7. The molecule has 2 rings (SSSR count). The maximum absolute atomic E-state index is 12.7. The molecule has 0 bridgehead atoms. The molecule has 2 N–H and O–H groups in total. The van der Waals surface area contributed by atoms with Crippen LogP contribution >= 0.6 is 0 Å². The van der Waals surface area contributed by atoms with Gasteiger partial charge >= 0.3 is 0 Å². The van der Waals surface area contributed by atoms with Crippen molar-refractivity contribution in [3.05, 3.63) is 23.8 Å². The zero-order chi connectivity index (χ0) is 14.9. The number of nitrogens with two attached hydrogens (primary N) is 1. The van der Waals surface area contributed by atoms with Crippen molar-refractivity contribution in [3.8, 4) is 0 Å². The highest BCUT2D eigenvalue weighted by Gasteiger charge is 2.32. The van der Waals surface area contributed by atoms with E-state index in [4.69, 9.17) is 5.73 Å². The van der Waals surface area contributed by atoms with E-state index < -0.39 is 10.0 Å². The first-order valence-corrected chi connectivity index (χ1v) is 8.36. The molecule has 0 aliphatic carbocycles. The fraction of sp³-hybridized carbons (Fsp3) is 0.571. The molecule has 1 unspecified atom stereocenters. The second-order valence-corrected chi connectivity index (χ2v) is 7.36. The average Bonchev–Trinajstić information content (AvgIpc) is 2.42. The molecule has 1 saturated heterocycles. The van der Waals surface area contributed by atoms with Gasteiger partial charge in [-0.15, -0.1) is 0 Å². The van der Waals surface area contributed by atoms with Gasteiger partial charge < -0.3 is 10.6 Å². The molecule has 1 atom stereocenters. The summed E-state index contributed by atoms with van der Waals surface area (Å²) < 4.78 is 26.9. The lowest BCUT2D eigenvalue weighted by molar-refractivity contribution is 0.144. The number of likely N-dealkylation sites (N-methyl/N-ethyl adjacent to an activating group) is 1. The molecule has 0 saturated carbocycles. The predicted molar refractivity (Wildman–Crippen MR) is 81.1 cm³/mol. The van der Waals surface area contributed by atoms with E-state index in [1.807, 2.05) is 14.0 Å². The monoisotopic (exact) mass is 297 g/mol. The summed E-state index contributed by atoms with van der Waals surface area (Å²) in [6, 6.07) is 5.24. The Morgan fingerprint density at radius 2 is 2.05 bits per heavy atom. The van der Waals surface area contributed by atoms with Gasteiger partial charge in [-0.1, -0.05) is 13.0 Å². The summed E-state index contributed by atoms with van der Waals surface area (Å²) in [6.45, 7) is 5.79. The van der Waals surface area contributed by atoms with E-state index in [0.29, 0.717) is 23.7 Å². The largest absolute Gasteiger partial charge is 0.398 e. The highest BCUT2D eigenvalue weighted by molar-refractivity contribution is 7.89. The van der Waals surface area contributed by atoms with Crippen LogP contribution in [0.5, 0.6) is 0 Å². The number of hydrogen-bond donors (Lipinski definition) is 1. The van der Waals surface area contributed by atoms with E-state index in [1.54, 1.807) is 22.5 Å². The molecule has 0 radical (unpaired) electrons. The van der Waals surface area contributed by atoms with Crippen LogP contribution in [0, 0.1) is 6.92 Å². The number of nitrogen functional groups attached to an aromatic ring is 1. The summed E-state index contributed by atoms with van der Waals surface area (Å²) >= 11 is 0. The second-order valence-electron chi connectivity index (χ2n) is 5.42. The Labute approximate surface area is 121 Å². The zero-order valence-corrected chi connectivity index (χ0v) is 13.2. The molecule has 0 aromatic heterocycles. The van der Waals surface area contributed by atoms with Gasteiger partial charge in [0.2, 0.25) is 10.0 Å². The first-order valence-electron chi connectivity index (χ1n) is 6.92. The highest BCUT2D eigenvalue weighted by atomic mass is 32.2. The van der Waals surface area contributed by atoms with Gasteiger partial charge in [-0.2, -0.15) is 4.31 Å². The van der Waals surface area contributed by atoms with Gasteiger partial charge in [0.15, 0.2) is 0 Å². The Morgan fingerprint density at radius 3 is 2.65 bits per heavy atom. The zero-order valence-electron chi connectivity index (χ0n) is 12.3. The van der Waals surface area contributed by atoms with Crippen LogP contribution in [-0.4, -0.2) is 50.3 Å². The van der Waals surface area contributed by atoms with Crippen molar-refractivity contribution in [3.63, 3.8) is 0 Å². The third-order valence-electron chi connectivity index (χ3n) is 4.10. The Kier molecular flexibility index (Phi) is 4.36. The minimum Gasteiger partial charge on any atom is -0.398 e. The molecule has 20 heavy (non-hydrogen) atoms. The lowest BCUT2D eigenvalue weighted by atomic mass is 10.1. The Balaban J connectivity index is 2.28. The summed E-state index contributed by atoms with van der Waals surface area (Å²) in [5, 5.41) is 0. The fourth-order valence-electron chi connectivity index (χ4n) is 2.50. The van der Waals surface area contributed by atoms with Gasteiger partial charge in [-0.3, -0.25) is 0 Å². The van der Waals surface area contributed by atoms with Crippen LogP contribution in [-0.2, 0) is 10.0 Å². The Hall–Kier alpha value is -1.11. The number of nitrogens with zero attached hydrogens (tertiary/aromatic N) is 2. The van der Waals surface area contributed by atoms with Crippen LogP contribution in [0.4, 0.5) is 5.69 Å². The van der Waals surface area contributed by atoms with Crippen LogP contribution in [0.2, 0.25) is 0 Å². The number of rotatable bonds is 3. The summed E-state index contributed by atoms with van der Waals surface area (Å²) in [7, 11) is -1.40. The highest BCUT2D eigenvalue weighted by Crippen LogP contribution is 2.23. The molecule has 112 valence electrons. The van der Waals surface area contributed by atoms with Crippen LogP contribution in [0.3, 0.4) is 0 Å². The van der Waals surface area contributed by atoms with Crippen molar-refractivity contribution in [2.45, 2.75) is 31.2 Å². The van der Waals surface area contributed by atoms with Crippen molar-refractivity contribution in [2.24, 2.45) is 0 Å². The van der Waals surface area contributed by atoms with Gasteiger partial charge in [0, 0.05) is 31.4 Å². The summed E-state index contributed by atoms with van der Waals surface area (Å²) in [5.41, 5.74) is 7.25. The predicted octanol–water partition coefficient (Wildman–Crippen LogP) is 1.29. The summed E-state index contributed by atoms with van der Waals surface area (Å²) in [4.78, 5) is 2.51. The summed E-state index contributed by atoms with van der Waals surface area (Å²) in [6.07, 6.45) is 0.943. The summed E-state index contributed by atoms with van der Waals surface area (Å²) in [5.74, 6) is 0. The van der Waals surface area contributed by atoms with Crippen molar-refractivity contribution >= 4 is 15.7 Å².